The minimum Gasteiger partial charge on any atom is -0.326 e. The molecule has 0 bridgehead atoms. The Morgan fingerprint density at radius 2 is 2.04 bits per heavy atom. The van der Waals surface area contributed by atoms with Crippen LogP contribution in [0.5, 0.6) is 0 Å². The minimum absolute atomic E-state index is 0.0428. The Labute approximate surface area is 130 Å². The summed E-state index contributed by atoms with van der Waals surface area (Å²) in [7, 11) is 0. The van der Waals surface area contributed by atoms with Crippen LogP contribution in [-0.2, 0) is 12.7 Å². The molecule has 0 aliphatic heterocycles. The first-order chi connectivity index (χ1) is 10.9. The summed E-state index contributed by atoms with van der Waals surface area (Å²) in [4.78, 5) is 12.1. The number of carbonyl (C=O) groups excluding carboxylic acids is 1. The number of nitrogens with two attached hydrogens (primary N) is 1. The number of aromatic amines is 1. The van der Waals surface area contributed by atoms with Crippen molar-refractivity contribution in [2.24, 2.45) is 5.73 Å². The molecule has 0 radical (unpaired) electrons. The van der Waals surface area contributed by atoms with E-state index in [2.05, 4.69) is 15.5 Å². The van der Waals surface area contributed by atoms with Crippen molar-refractivity contribution < 1.29 is 18.0 Å². The summed E-state index contributed by atoms with van der Waals surface area (Å²) in [6.07, 6.45) is -2.40. The minimum atomic E-state index is -4.50. The van der Waals surface area contributed by atoms with Crippen LogP contribution in [0.15, 0.2) is 24.3 Å². The van der Waals surface area contributed by atoms with Gasteiger partial charge in [-0.05, 0) is 42.7 Å². The van der Waals surface area contributed by atoms with E-state index < -0.39 is 17.6 Å². The third-order valence-electron chi connectivity index (χ3n) is 3.66. The standard InChI is InChI=1S/C15H15F3N4O/c16-15(17,18)10-3-8(7-19)4-11(5-10)20-14(23)13-6-12(21-22-13)9-1-2-9/h3-6,9H,1-2,7,19H2,(H,20,23)(H,21,22). The Morgan fingerprint density at radius 3 is 2.65 bits per heavy atom. The number of alkyl halides is 3. The van der Waals surface area contributed by atoms with E-state index in [-0.39, 0.29) is 23.5 Å². The zero-order valence-corrected chi connectivity index (χ0v) is 12.1. The number of nitrogens with zero attached hydrogens (tertiary/aromatic N) is 1. The zero-order chi connectivity index (χ0) is 16.6. The lowest BCUT2D eigenvalue weighted by atomic mass is 10.1. The average molecular weight is 324 g/mol. The molecule has 1 saturated carbocycles. The van der Waals surface area contributed by atoms with Gasteiger partial charge in [-0.1, -0.05) is 0 Å². The first-order valence-electron chi connectivity index (χ1n) is 7.14. The molecule has 0 unspecified atom stereocenters. The summed E-state index contributed by atoms with van der Waals surface area (Å²) in [6.45, 7) is -0.0545. The Balaban J connectivity index is 1.81. The van der Waals surface area contributed by atoms with Crippen molar-refractivity contribution in [1.29, 1.82) is 0 Å². The Bertz CT molecular complexity index is 735. The molecule has 2 aromatic rings. The lowest BCUT2D eigenvalue weighted by Crippen LogP contribution is -2.14. The van der Waals surface area contributed by atoms with Gasteiger partial charge in [0, 0.05) is 23.8 Å². The van der Waals surface area contributed by atoms with Crippen LogP contribution in [0.25, 0.3) is 0 Å². The second-order valence-corrected chi connectivity index (χ2v) is 5.56. The number of carbonyl (C=O) groups is 1. The number of benzene rings is 1. The molecule has 0 atom stereocenters. The molecule has 23 heavy (non-hydrogen) atoms. The fourth-order valence-corrected chi connectivity index (χ4v) is 2.30. The molecule has 1 aromatic carbocycles. The summed E-state index contributed by atoms with van der Waals surface area (Å²) < 4.78 is 38.6. The van der Waals surface area contributed by atoms with Crippen LogP contribution in [0.1, 0.15) is 46.1 Å². The quantitative estimate of drug-likeness (QED) is 0.808. The monoisotopic (exact) mass is 324 g/mol. The highest BCUT2D eigenvalue weighted by atomic mass is 19.4. The highest BCUT2D eigenvalue weighted by molar-refractivity contribution is 6.03. The van der Waals surface area contributed by atoms with Crippen molar-refractivity contribution in [3.8, 4) is 0 Å². The van der Waals surface area contributed by atoms with Gasteiger partial charge in [-0.2, -0.15) is 18.3 Å². The van der Waals surface area contributed by atoms with Crippen molar-refractivity contribution >= 4 is 11.6 Å². The van der Waals surface area contributed by atoms with E-state index >= 15 is 0 Å². The first-order valence-corrected chi connectivity index (χ1v) is 7.14. The largest absolute Gasteiger partial charge is 0.416 e. The molecule has 8 heteroatoms. The smallest absolute Gasteiger partial charge is 0.326 e. The highest BCUT2D eigenvalue weighted by Crippen LogP contribution is 2.39. The Kier molecular flexibility index (Phi) is 3.85. The number of nitrogens with one attached hydrogen (secondary N) is 2. The number of rotatable bonds is 4. The number of amides is 1. The van der Waals surface area contributed by atoms with Crippen molar-refractivity contribution in [1.82, 2.24) is 10.2 Å². The predicted octanol–water partition coefficient (Wildman–Crippen LogP) is 3.02. The zero-order valence-electron chi connectivity index (χ0n) is 12.1. The summed E-state index contributed by atoms with van der Waals surface area (Å²) in [5, 5.41) is 9.13. The summed E-state index contributed by atoms with van der Waals surface area (Å²) in [5.41, 5.74) is 5.93. The molecule has 1 heterocycles. The number of halogens is 3. The molecule has 1 aliphatic rings. The Morgan fingerprint density at radius 1 is 1.30 bits per heavy atom. The highest BCUT2D eigenvalue weighted by Gasteiger charge is 2.31. The van der Waals surface area contributed by atoms with Gasteiger partial charge in [-0.25, -0.2) is 0 Å². The van der Waals surface area contributed by atoms with E-state index in [1.165, 1.54) is 6.07 Å². The first kappa shape index (κ1) is 15.5. The lowest BCUT2D eigenvalue weighted by molar-refractivity contribution is -0.137. The van der Waals surface area contributed by atoms with Crippen LogP contribution >= 0.6 is 0 Å². The maximum absolute atomic E-state index is 12.9. The van der Waals surface area contributed by atoms with E-state index in [0.717, 1.165) is 30.7 Å². The number of hydrogen-bond donors (Lipinski definition) is 3. The second kappa shape index (κ2) is 5.69. The molecule has 122 valence electrons. The van der Waals surface area contributed by atoms with E-state index in [9.17, 15) is 18.0 Å². The van der Waals surface area contributed by atoms with Crippen LogP contribution in [0, 0.1) is 0 Å². The predicted molar refractivity (Wildman–Crippen MR) is 77.9 cm³/mol. The van der Waals surface area contributed by atoms with Crippen LogP contribution < -0.4 is 11.1 Å². The van der Waals surface area contributed by atoms with Gasteiger partial charge in [0.1, 0.15) is 0 Å². The molecule has 1 aliphatic carbocycles. The van der Waals surface area contributed by atoms with Gasteiger partial charge in [0.2, 0.25) is 0 Å². The van der Waals surface area contributed by atoms with Crippen molar-refractivity contribution in [2.75, 3.05) is 5.32 Å². The van der Waals surface area contributed by atoms with Gasteiger partial charge in [0.05, 0.1) is 5.56 Å². The van der Waals surface area contributed by atoms with Crippen molar-refractivity contribution in [2.45, 2.75) is 31.5 Å². The molecule has 1 fully saturated rings. The van der Waals surface area contributed by atoms with Gasteiger partial charge < -0.3 is 11.1 Å². The number of H-pyrrole nitrogens is 1. The fraction of sp³-hybridized carbons (Fsp3) is 0.333. The lowest BCUT2D eigenvalue weighted by Gasteiger charge is -2.12. The molecule has 5 nitrogen and oxygen atoms in total. The van der Waals surface area contributed by atoms with Gasteiger partial charge in [-0.3, -0.25) is 9.89 Å². The summed E-state index contributed by atoms with van der Waals surface area (Å²) in [5.74, 6) is -0.156. The molecule has 0 spiro atoms. The van der Waals surface area contributed by atoms with Crippen LogP contribution in [-0.4, -0.2) is 16.1 Å². The van der Waals surface area contributed by atoms with Crippen molar-refractivity contribution in [3.05, 3.63) is 46.8 Å². The number of aromatic nitrogens is 2. The summed E-state index contributed by atoms with van der Waals surface area (Å²) in [6, 6.07) is 4.90. The van der Waals surface area contributed by atoms with Gasteiger partial charge >= 0.3 is 6.18 Å². The van der Waals surface area contributed by atoms with Crippen LogP contribution in [0.2, 0.25) is 0 Å². The molecule has 0 saturated heterocycles. The van der Waals surface area contributed by atoms with E-state index in [1.807, 2.05) is 0 Å². The Hall–Kier alpha value is -2.35. The third-order valence-corrected chi connectivity index (χ3v) is 3.66. The number of anilines is 1. The molecule has 1 aromatic heterocycles. The second-order valence-electron chi connectivity index (χ2n) is 5.56. The normalized spacial score (nSPS) is 14.8. The molecule has 4 N–H and O–H groups in total. The average Bonchev–Trinajstić information content (AvgIpc) is 3.23. The molecular formula is C15H15F3N4O. The van der Waals surface area contributed by atoms with E-state index in [1.54, 1.807) is 6.07 Å². The van der Waals surface area contributed by atoms with Gasteiger partial charge in [-0.15, -0.1) is 0 Å². The maximum Gasteiger partial charge on any atom is 0.416 e. The topological polar surface area (TPSA) is 83.8 Å². The van der Waals surface area contributed by atoms with Gasteiger partial charge in [0.25, 0.3) is 5.91 Å². The van der Waals surface area contributed by atoms with Gasteiger partial charge in [0.15, 0.2) is 5.69 Å². The van der Waals surface area contributed by atoms with Crippen molar-refractivity contribution in [3.63, 3.8) is 0 Å². The molecule has 3 rings (SSSR count). The van der Waals surface area contributed by atoms with Crippen LogP contribution in [0.3, 0.4) is 0 Å². The van der Waals surface area contributed by atoms with E-state index in [4.69, 9.17) is 5.73 Å². The maximum atomic E-state index is 12.9. The van der Waals surface area contributed by atoms with E-state index in [0.29, 0.717) is 5.92 Å². The summed E-state index contributed by atoms with van der Waals surface area (Å²) >= 11 is 0. The third kappa shape index (κ3) is 3.53. The SMILES string of the molecule is NCc1cc(NC(=O)c2cc(C3CC3)[nH]n2)cc(C(F)(F)F)c1. The number of hydrogen-bond acceptors (Lipinski definition) is 3. The van der Waals surface area contributed by atoms with Crippen LogP contribution in [0.4, 0.5) is 18.9 Å². The molecule has 1 amide bonds. The molecular weight excluding hydrogens is 309 g/mol. The fourth-order valence-electron chi connectivity index (χ4n) is 2.30.